The van der Waals surface area contributed by atoms with E-state index in [1.54, 1.807) is 72.8 Å². The van der Waals surface area contributed by atoms with Gasteiger partial charge in [0.2, 0.25) is 0 Å². The number of Topliss-reactive ketones (excluding diaryl/α,β-unsaturated/α-hetero) is 3. The van der Waals surface area contributed by atoms with Crippen molar-refractivity contribution in [3.63, 3.8) is 0 Å². The van der Waals surface area contributed by atoms with E-state index in [0.29, 0.717) is 10.9 Å². The van der Waals surface area contributed by atoms with Gasteiger partial charge in [-0.2, -0.15) is 0 Å². The van der Waals surface area contributed by atoms with Gasteiger partial charge in [0.1, 0.15) is 5.60 Å². The smallest absolute Gasteiger partial charge is 0.423 e. The summed E-state index contributed by atoms with van der Waals surface area (Å²) in [6.07, 6.45) is -1.58. The van der Waals surface area contributed by atoms with E-state index in [-0.39, 0.29) is 35.1 Å². The molecule has 41 heavy (non-hydrogen) atoms. The molecule has 0 saturated carbocycles. The van der Waals surface area contributed by atoms with Crippen molar-refractivity contribution in [2.75, 3.05) is 0 Å². The highest BCUT2D eigenvalue weighted by molar-refractivity contribution is 6.60. The first-order valence-corrected chi connectivity index (χ1v) is 13.4. The van der Waals surface area contributed by atoms with E-state index in [4.69, 9.17) is 9.31 Å². The van der Waals surface area contributed by atoms with E-state index in [2.05, 4.69) is 0 Å². The first kappa shape index (κ1) is 27.1. The minimum atomic E-state index is -1.69. The van der Waals surface area contributed by atoms with Crippen LogP contribution in [0.2, 0.25) is 0 Å². The quantitative estimate of drug-likeness (QED) is 0.345. The minimum Gasteiger partial charge on any atom is -0.423 e. The maximum absolute atomic E-state index is 14.1. The number of hydrogen-bond acceptors (Lipinski definition) is 7. The maximum Gasteiger partial charge on any atom is 0.491 e. The van der Waals surface area contributed by atoms with Crippen LogP contribution in [0.25, 0.3) is 10.8 Å². The predicted octanol–water partition coefficient (Wildman–Crippen LogP) is 2.81. The second-order valence-electron chi connectivity index (χ2n) is 10.5. The average Bonchev–Trinajstić information content (AvgIpc) is 2.99. The number of carbonyl (C=O) groups is 3. The van der Waals surface area contributed by atoms with E-state index in [0.717, 1.165) is 10.8 Å². The van der Waals surface area contributed by atoms with Crippen LogP contribution in [0.4, 0.5) is 0 Å². The van der Waals surface area contributed by atoms with Crippen molar-refractivity contribution in [2.45, 2.75) is 31.5 Å². The number of ketones is 3. The molecule has 7 nitrogen and oxygen atoms in total. The third-order valence-electron chi connectivity index (χ3n) is 7.96. The van der Waals surface area contributed by atoms with Gasteiger partial charge in [0, 0.05) is 35.1 Å². The molecule has 0 unspecified atom stereocenters. The molecule has 0 spiro atoms. The SMILES string of the molecule is CC(=O)[C@]1(OB(O)c2ccccc2)CC2=C(C(=O)c3cc4ccccc4cc3C2=O)[C@@H](OB(O)c2ccccc2)C1. The van der Waals surface area contributed by atoms with E-state index < -0.39 is 43.3 Å². The third kappa shape index (κ3) is 4.87. The molecule has 2 aliphatic carbocycles. The Morgan fingerprint density at radius 1 is 0.780 bits per heavy atom. The van der Waals surface area contributed by atoms with E-state index in [9.17, 15) is 24.4 Å². The normalized spacial score (nSPS) is 20.0. The van der Waals surface area contributed by atoms with Crippen LogP contribution in [-0.2, 0) is 14.1 Å². The summed E-state index contributed by atoms with van der Waals surface area (Å²) < 4.78 is 12.2. The highest BCUT2D eigenvalue weighted by Gasteiger charge is 2.52. The fraction of sp³-hybridized carbons (Fsp3) is 0.156. The molecule has 0 amide bonds. The van der Waals surface area contributed by atoms with Crippen molar-refractivity contribution >= 4 is 53.3 Å². The fourth-order valence-corrected chi connectivity index (χ4v) is 5.77. The summed E-state index contributed by atoms with van der Waals surface area (Å²) in [5, 5.41) is 23.6. The first-order chi connectivity index (χ1) is 19.8. The molecule has 4 aromatic carbocycles. The van der Waals surface area contributed by atoms with Crippen LogP contribution < -0.4 is 10.9 Å². The monoisotopic (exact) mass is 544 g/mol. The molecule has 0 saturated heterocycles. The summed E-state index contributed by atoms with van der Waals surface area (Å²) in [7, 11) is -2.93. The van der Waals surface area contributed by atoms with Gasteiger partial charge < -0.3 is 19.4 Å². The number of fused-ring (bicyclic) bond motifs is 2. The molecular formula is C32H26B2O7. The Hall–Kier alpha value is -4.14. The van der Waals surface area contributed by atoms with E-state index in [1.165, 1.54) is 6.92 Å². The second kappa shape index (κ2) is 10.7. The topological polar surface area (TPSA) is 110 Å². The van der Waals surface area contributed by atoms with Gasteiger partial charge in [-0.3, -0.25) is 14.4 Å². The lowest BCUT2D eigenvalue weighted by molar-refractivity contribution is -0.136. The van der Waals surface area contributed by atoms with Gasteiger partial charge >= 0.3 is 14.2 Å². The molecule has 0 heterocycles. The second-order valence-corrected chi connectivity index (χ2v) is 10.5. The number of hydrogen-bond donors (Lipinski definition) is 2. The molecule has 6 rings (SSSR count). The van der Waals surface area contributed by atoms with Crippen LogP contribution in [0, 0.1) is 0 Å². The summed E-state index contributed by atoms with van der Waals surface area (Å²) in [6.45, 7) is 1.32. The molecule has 0 fully saturated rings. The molecule has 2 atom stereocenters. The Morgan fingerprint density at radius 2 is 1.29 bits per heavy atom. The highest BCUT2D eigenvalue weighted by Crippen LogP contribution is 2.44. The van der Waals surface area contributed by atoms with Gasteiger partial charge in [0.25, 0.3) is 0 Å². The van der Waals surface area contributed by atoms with Gasteiger partial charge in [0.15, 0.2) is 17.3 Å². The van der Waals surface area contributed by atoms with E-state index in [1.807, 2.05) is 24.3 Å². The largest absolute Gasteiger partial charge is 0.491 e. The standard InChI is InChI=1S/C32H26B2O7/c1-20(35)32(41-34(39)24-14-6-3-7-15-24)18-27-29(28(19-32)40-33(38)23-12-4-2-5-13-23)31(37)26-17-22-11-9-8-10-21(22)16-25(26)30(27)36/h2-17,28,38-39H,18-19H2,1H3/t28-,32-/m0/s1. The molecule has 2 N–H and O–H groups in total. The van der Waals surface area contributed by atoms with Crippen LogP contribution in [0.3, 0.4) is 0 Å². The van der Waals surface area contributed by atoms with Crippen molar-refractivity contribution < 1.29 is 33.7 Å². The summed E-state index contributed by atoms with van der Waals surface area (Å²) in [5.41, 5.74) is -0.155. The van der Waals surface area contributed by atoms with Gasteiger partial charge in [-0.05, 0) is 40.8 Å². The van der Waals surface area contributed by atoms with Crippen molar-refractivity contribution in [3.8, 4) is 0 Å². The van der Waals surface area contributed by atoms with Crippen LogP contribution >= 0.6 is 0 Å². The van der Waals surface area contributed by atoms with Crippen LogP contribution in [0.15, 0.2) is 108 Å². The lowest BCUT2D eigenvalue weighted by atomic mass is 9.67. The summed E-state index contributed by atoms with van der Waals surface area (Å²) in [5.74, 6) is -1.25. The third-order valence-corrected chi connectivity index (χ3v) is 7.96. The van der Waals surface area contributed by atoms with Crippen molar-refractivity contribution in [3.05, 3.63) is 119 Å². The Kier molecular flexibility index (Phi) is 7.05. The zero-order valence-corrected chi connectivity index (χ0v) is 22.3. The molecule has 9 heteroatoms. The molecule has 4 aromatic rings. The van der Waals surface area contributed by atoms with Crippen LogP contribution in [-0.4, -0.2) is 53.3 Å². The lowest BCUT2D eigenvalue weighted by Crippen LogP contribution is -2.56. The minimum absolute atomic E-state index is 0.0877. The number of benzene rings is 4. The summed E-state index contributed by atoms with van der Waals surface area (Å²) in [6, 6.07) is 28.0. The molecule has 2 aliphatic rings. The molecule has 202 valence electrons. The highest BCUT2D eigenvalue weighted by atomic mass is 16.6. The van der Waals surface area contributed by atoms with Gasteiger partial charge in [-0.15, -0.1) is 0 Å². The Morgan fingerprint density at radius 3 is 1.85 bits per heavy atom. The van der Waals surface area contributed by atoms with Crippen molar-refractivity contribution in [2.24, 2.45) is 0 Å². The molecule has 0 aromatic heterocycles. The van der Waals surface area contributed by atoms with Crippen LogP contribution in [0.5, 0.6) is 0 Å². The average molecular weight is 544 g/mol. The molecule has 0 radical (unpaired) electrons. The molecule has 0 bridgehead atoms. The predicted molar refractivity (Wildman–Crippen MR) is 156 cm³/mol. The lowest BCUT2D eigenvalue weighted by Gasteiger charge is -2.43. The zero-order valence-electron chi connectivity index (χ0n) is 22.3. The zero-order chi connectivity index (χ0) is 28.7. The first-order valence-electron chi connectivity index (χ1n) is 13.4. The van der Waals surface area contributed by atoms with Gasteiger partial charge in [0.05, 0.1) is 6.10 Å². The fourth-order valence-electron chi connectivity index (χ4n) is 5.77. The molecular weight excluding hydrogens is 518 g/mol. The van der Waals surface area contributed by atoms with Gasteiger partial charge in [-0.1, -0.05) is 84.9 Å². The van der Waals surface area contributed by atoms with Gasteiger partial charge in [-0.25, -0.2) is 0 Å². The maximum atomic E-state index is 14.1. The van der Waals surface area contributed by atoms with E-state index >= 15 is 0 Å². The number of rotatable bonds is 7. The van der Waals surface area contributed by atoms with Crippen molar-refractivity contribution in [1.82, 2.24) is 0 Å². The van der Waals surface area contributed by atoms with Crippen molar-refractivity contribution in [1.29, 1.82) is 0 Å². The summed E-state index contributed by atoms with van der Waals surface area (Å²) in [4.78, 5) is 41.4. The number of carbonyl (C=O) groups excluding carboxylic acids is 3. The molecule has 0 aliphatic heterocycles. The Balaban J connectivity index is 1.47. The summed E-state index contributed by atoms with van der Waals surface area (Å²) >= 11 is 0. The Labute approximate surface area is 237 Å². The Bertz CT molecular complexity index is 1700. The van der Waals surface area contributed by atoms with Crippen LogP contribution in [0.1, 0.15) is 40.5 Å².